The Balaban J connectivity index is 1.69. The molecule has 0 spiro atoms. The summed E-state index contributed by atoms with van der Waals surface area (Å²) >= 11 is 0. The molecule has 0 aliphatic heterocycles. The number of halogens is 3. The van der Waals surface area contributed by atoms with E-state index < -0.39 is 30.2 Å². The van der Waals surface area contributed by atoms with Crippen molar-refractivity contribution < 1.29 is 27.5 Å². The lowest BCUT2D eigenvalue weighted by Gasteiger charge is -2.13. The summed E-state index contributed by atoms with van der Waals surface area (Å²) in [4.78, 5) is 29.2. The number of hydrogen-bond acceptors (Lipinski definition) is 4. The summed E-state index contributed by atoms with van der Waals surface area (Å²) in [5.41, 5.74) is 1.71. The molecule has 0 aliphatic rings. The zero-order valence-corrected chi connectivity index (χ0v) is 16.3. The van der Waals surface area contributed by atoms with Crippen molar-refractivity contribution in [2.45, 2.75) is 26.4 Å². The number of rotatable bonds is 5. The number of esters is 1. The van der Waals surface area contributed by atoms with Gasteiger partial charge < -0.3 is 10.1 Å². The topological polar surface area (TPSA) is 68.3 Å². The van der Waals surface area contributed by atoms with Gasteiger partial charge in [0, 0.05) is 11.1 Å². The molecule has 1 N–H and O–H groups in total. The molecule has 2 aromatic carbocycles. The Labute approximate surface area is 170 Å². The number of nitrogens with one attached hydrogen (secondary N) is 1. The Hall–Kier alpha value is -3.42. The minimum atomic E-state index is -4.46. The van der Waals surface area contributed by atoms with Gasteiger partial charge in [0.1, 0.15) is 0 Å². The third-order valence-corrected chi connectivity index (χ3v) is 4.60. The average Bonchev–Trinajstić information content (AvgIpc) is 2.71. The number of fused-ring (bicyclic) bond motifs is 1. The molecule has 3 aromatic rings. The Morgan fingerprint density at radius 1 is 1.07 bits per heavy atom. The normalized spacial score (nSPS) is 11.4. The van der Waals surface area contributed by atoms with Crippen LogP contribution < -0.4 is 5.32 Å². The standard InChI is InChI=1S/C22H19F3N2O3/c1-3-17-20(13(2)16-6-4-5-7-18(16)27-17)21(29)30-12-19(28)26-15-10-8-14(9-11-15)22(23,24)25/h4-11H,3,12H2,1-2H3,(H,26,28). The highest BCUT2D eigenvalue weighted by molar-refractivity contribution is 6.00. The van der Waals surface area contributed by atoms with Crippen LogP contribution in [0.15, 0.2) is 48.5 Å². The van der Waals surface area contributed by atoms with Crippen LogP contribution in [0.2, 0.25) is 0 Å². The van der Waals surface area contributed by atoms with Crippen LogP contribution in [-0.2, 0) is 22.1 Å². The quantitative estimate of drug-likeness (QED) is 0.600. The number of nitrogens with zero attached hydrogens (tertiary/aromatic N) is 1. The number of aromatic nitrogens is 1. The molecule has 0 unspecified atom stereocenters. The van der Waals surface area contributed by atoms with Crippen LogP contribution in [0.1, 0.15) is 34.1 Å². The van der Waals surface area contributed by atoms with E-state index in [0.29, 0.717) is 23.2 Å². The number of ether oxygens (including phenoxy) is 1. The average molecular weight is 416 g/mol. The molecule has 5 nitrogen and oxygen atoms in total. The van der Waals surface area contributed by atoms with Gasteiger partial charge in [-0.25, -0.2) is 4.79 Å². The SMILES string of the molecule is CCc1nc2ccccc2c(C)c1C(=O)OCC(=O)Nc1ccc(C(F)(F)F)cc1. The van der Waals surface area contributed by atoms with Gasteiger partial charge in [-0.1, -0.05) is 25.1 Å². The third-order valence-electron chi connectivity index (χ3n) is 4.60. The Bertz CT molecular complexity index is 1090. The summed E-state index contributed by atoms with van der Waals surface area (Å²) in [6.07, 6.45) is -3.95. The van der Waals surface area contributed by atoms with E-state index in [2.05, 4.69) is 10.3 Å². The lowest BCUT2D eigenvalue weighted by molar-refractivity contribution is -0.137. The molecule has 0 aliphatic carbocycles. The van der Waals surface area contributed by atoms with Crippen molar-refractivity contribution >= 4 is 28.5 Å². The van der Waals surface area contributed by atoms with Gasteiger partial charge in [0.2, 0.25) is 0 Å². The maximum Gasteiger partial charge on any atom is 0.416 e. The fourth-order valence-electron chi connectivity index (χ4n) is 3.11. The van der Waals surface area contributed by atoms with Gasteiger partial charge >= 0.3 is 12.1 Å². The molecule has 156 valence electrons. The van der Waals surface area contributed by atoms with Gasteiger partial charge in [-0.05, 0) is 49.2 Å². The maximum atomic E-state index is 12.6. The van der Waals surface area contributed by atoms with E-state index >= 15 is 0 Å². The number of benzene rings is 2. The zero-order valence-electron chi connectivity index (χ0n) is 16.3. The van der Waals surface area contributed by atoms with Crippen LogP contribution >= 0.6 is 0 Å². The molecule has 8 heteroatoms. The fraction of sp³-hybridized carbons (Fsp3) is 0.227. The van der Waals surface area contributed by atoms with E-state index in [9.17, 15) is 22.8 Å². The molecular weight excluding hydrogens is 397 g/mol. The largest absolute Gasteiger partial charge is 0.452 e. The summed E-state index contributed by atoms with van der Waals surface area (Å²) in [7, 11) is 0. The summed E-state index contributed by atoms with van der Waals surface area (Å²) in [6.45, 7) is 3.09. The van der Waals surface area contributed by atoms with Crippen molar-refractivity contribution in [3.8, 4) is 0 Å². The number of para-hydroxylation sites is 1. The first-order valence-corrected chi connectivity index (χ1v) is 9.23. The number of hydrogen-bond donors (Lipinski definition) is 1. The lowest BCUT2D eigenvalue weighted by Crippen LogP contribution is -2.22. The first-order valence-electron chi connectivity index (χ1n) is 9.23. The molecule has 1 heterocycles. The highest BCUT2D eigenvalue weighted by Crippen LogP contribution is 2.30. The molecule has 1 aromatic heterocycles. The van der Waals surface area contributed by atoms with Crippen molar-refractivity contribution in [2.24, 2.45) is 0 Å². The monoisotopic (exact) mass is 416 g/mol. The Morgan fingerprint density at radius 3 is 2.37 bits per heavy atom. The number of alkyl halides is 3. The van der Waals surface area contributed by atoms with Crippen molar-refractivity contribution in [1.29, 1.82) is 0 Å². The maximum absolute atomic E-state index is 12.6. The van der Waals surface area contributed by atoms with Crippen LogP contribution in [0, 0.1) is 6.92 Å². The van der Waals surface area contributed by atoms with E-state index in [-0.39, 0.29) is 5.69 Å². The number of carbonyl (C=O) groups is 2. The highest BCUT2D eigenvalue weighted by atomic mass is 19.4. The molecule has 0 fully saturated rings. The molecule has 30 heavy (non-hydrogen) atoms. The predicted octanol–water partition coefficient (Wildman–Crippen LogP) is 4.92. The molecule has 0 saturated heterocycles. The molecular formula is C22H19F3N2O3. The lowest BCUT2D eigenvalue weighted by atomic mass is 10.0. The first-order chi connectivity index (χ1) is 14.2. The van der Waals surface area contributed by atoms with Crippen molar-refractivity contribution in [3.63, 3.8) is 0 Å². The van der Waals surface area contributed by atoms with Crippen LogP contribution in [0.25, 0.3) is 10.9 Å². The summed E-state index contributed by atoms with van der Waals surface area (Å²) in [6, 6.07) is 11.4. The number of anilines is 1. The Morgan fingerprint density at radius 2 is 1.73 bits per heavy atom. The first kappa shape index (κ1) is 21.3. The second kappa shape index (κ2) is 8.52. The summed E-state index contributed by atoms with van der Waals surface area (Å²) < 4.78 is 42.9. The van der Waals surface area contributed by atoms with E-state index in [1.165, 1.54) is 0 Å². The summed E-state index contributed by atoms with van der Waals surface area (Å²) in [5, 5.41) is 3.22. The minimum Gasteiger partial charge on any atom is -0.452 e. The highest BCUT2D eigenvalue weighted by Gasteiger charge is 2.30. The number of pyridine rings is 1. The van der Waals surface area contributed by atoms with E-state index in [0.717, 1.165) is 35.2 Å². The zero-order chi connectivity index (χ0) is 21.9. The van der Waals surface area contributed by atoms with Crippen LogP contribution in [-0.4, -0.2) is 23.5 Å². The van der Waals surface area contributed by atoms with Crippen LogP contribution in [0.4, 0.5) is 18.9 Å². The smallest absolute Gasteiger partial charge is 0.416 e. The molecule has 1 amide bonds. The van der Waals surface area contributed by atoms with E-state index in [4.69, 9.17) is 4.74 Å². The summed E-state index contributed by atoms with van der Waals surface area (Å²) in [5.74, 6) is -1.34. The molecule has 0 radical (unpaired) electrons. The van der Waals surface area contributed by atoms with Crippen LogP contribution in [0.5, 0.6) is 0 Å². The number of aryl methyl sites for hydroxylation is 2. The van der Waals surface area contributed by atoms with Gasteiger partial charge in [0.15, 0.2) is 6.61 Å². The van der Waals surface area contributed by atoms with Crippen LogP contribution in [0.3, 0.4) is 0 Å². The van der Waals surface area contributed by atoms with Crippen molar-refractivity contribution in [2.75, 3.05) is 11.9 Å². The molecule has 0 bridgehead atoms. The van der Waals surface area contributed by atoms with Gasteiger partial charge in [-0.2, -0.15) is 13.2 Å². The second-order valence-corrected chi connectivity index (χ2v) is 6.63. The van der Waals surface area contributed by atoms with Gasteiger partial charge in [0.25, 0.3) is 5.91 Å². The number of amides is 1. The van der Waals surface area contributed by atoms with E-state index in [1.807, 2.05) is 31.2 Å². The fourth-order valence-corrected chi connectivity index (χ4v) is 3.11. The van der Waals surface area contributed by atoms with Gasteiger partial charge in [0.05, 0.1) is 22.3 Å². The molecule has 0 saturated carbocycles. The van der Waals surface area contributed by atoms with Crippen molar-refractivity contribution in [3.05, 3.63) is 70.9 Å². The molecule has 0 atom stereocenters. The molecule has 3 rings (SSSR count). The van der Waals surface area contributed by atoms with E-state index in [1.54, 1.807) is 6.92 Å². The van der Waals surface area contributed by atoms with Gasteiger partial charge in [-0.15, -0.1) is 0 Å². The predicted molar refractivity (Wildman–Crippen MR) is 106 cm³/mol. The van der Waals surface area contributed by atoms with Gasteiger partial charge in [-0.3, -0.25) is 9.78 Å². The Kier molecular flexibility index (Phi) is 6.05. The number of carbonyl (C=O) groups excluding carboxylic acids is 2. The van der Waals surface area contributed by atoms with Crippen molar-refractivity contribution in [1.82, 2.24) is 4.98 Å². The second-order valence-electron chi connectivity index (χ2n) is 6.63. The minimum absolute atomic E-state index is 0.168. The third kappa shape index (κ3) is 4.59.